The quantitative estimate of drug-likeness (QED) is 0.606. The van der Waals surface area contributed by atoms with Crippen molar-refractivity contribution in [2.75, 3.05) is 0 Å². The minimum Gasteiger partial charge on any atom is -0.507 e. The van der Waals surface area contributed by atoms with Crippen LogP contribution < -0.4 is 9.13 Å². The second-order valence-corrected chi connectivity index (χ2v) is 5.72. The van der Waals surface area contributed by atoms with Crippen molar-refractivity contribution in [3.63, 3.8) is 0 Å². The van der Waals surface area contributed by atoms with Gasteiger partial charge in [-0.25, -0.2) is 0 Å². The molecule has 0 fully saturated rings. The van der Waals surface area contributed by atoms with E-state index in [0.29, 0.717) is 11.5 Å². The van der Waals surface area contributed by atoms with Gasteiger partial charge in [0.25, 0.3) is 11.4 Å². The predicted octanol–water partition coefficient (Wildman–Crippen LogP) is 1.32. The molecule has 0 unspecified atom stereocenters. The number of rotatable bonds is 0. The maximum atomic E-state index is 10.1. The largest absolute Gasteiger partial charge is 0.507 e. The monoisotopic (exact) mass is 272 g/mol. The van der Waals surface area contributed by atoms with Gasteiger partial charge in [0.1, 0.15) is 11.5 Å². The summed E-state index contributed by atoms with van der Waals surface area (Å²) in [6.45, 7) is 9.18. The van der Waals surface area contributed by atoms with Crippen molar-refractivity contribution in [3.8, 4) is 11.5 Å². The molecule has 2 aromatic rings. The Kier molecular flexibility index (Phi) is 2.71. The molecule has 3 heterocycles. The van der Waals surface area contributed by atoms with Crippen molar-refractivity contribution in [3.05, 3.63) is 46.0 Å². The van der Waals surface area contributed by atoms with Crippen molar-refractivity contribution in [2.45, 2.75) is 40.8 Å². The zero-order chi connectivity index (χ0) is 14.6. The second kappa shape index (κ2) is 4.20. The Morgan fingerprint density at radius 1 is 0.750 bits per heavy atom. The van der Waals surface area contributed by atoms with E-state index in [1.54, 1.807) is 0 Å². The Morgan fingerprint density at radius 3 is 1.45 bits per heavy atom. The van der Waals surface area contributed by atoms with E-state index in [4.69, 9.17) is 0 Å². The fourth-order valence-corrected chi connectivity index (χ4v) is 3.06. The molecule has 104 valence electrons. The fourth-order valence-electron chi connectivity index (χ4n) is 3.06. The Hall–Kier alpha value is -2.10. The van der Waals surface area contributed by atoms with Crippen LogP contribution in [0.4, 0.5) is 0 Å². The third kappa shape index (κ3) is 1.68. The molecule has 2 aromatic heterocycles. The van der Waals surface area contributed by atoms with Crippen LogP contribution in [0.1, 0.15) is 33.6 Å². The summed E-state index contributed by atoms with van der Waals surface area (Å²) < 4.78 is 4.34. The Bertz CT molecular complexity index is 673. The van der Waals surface area contributed by atoms with Crippen molar-refractivity contribution >= 4 is 0 Å². The topological polar surface area (TPSA) is 48.2 Å². The van der Waals surface area contributed by atoms with Gasteiger partial charge in [-0.2, -0.15) is 9.13 Å². The Morgan fingerprint density at radius 2 is 1.10 bits per heavy atom. The molecule has 0 saturated carbocycles. The van der Waals surface area contributed by atoms with E-state index in [0.717, 1.165) is 46.7 Å². The molecule has 0 amide bonds. The summed E-state index contributed by atoms with van der Waals surface area (Å²) in [6, 6.07) is 0. The van der Waals surface area contributed by atoms with Crippen molar-refractivity contribution in [2.24, 2.45) is 0 Å². The van der Waals surface area contributed by atoms with Crippen LogP contribution >= 0.6 is 0 Å². The summed E-state index contributed by atoms with van der Waals surface area (Å²) in [5.41, 5.74) is 5.88. The fraction of sp³-hybridized carbons (Fsp3) is 0.375. The molecule has 0 aromatic carbocycles. The lowest BCUT2D eigenvalue weighted by molar-refractivity contribution is -0.800. The highest BCUT2D eigenvalue weighted by Crippen LogP contribution is 2.26. The van der Waals surface area contributed by atoms with Crippen LogP contribution in [0.25, 0.3) is 0 Å². The van der Waals surface area contributed by atoms with Crippen LogP contribution in [0.5, 0.6) is 11.5 Å². The molecule has 0 saturated heterocycles. The maximum Gasteiger partial charge on any atom is 0.254 e. The van der Waals surface area contributed by atoms with Gasteiger partial charge in [0.15, 0.2) is 12.4 Å². The SMILES string of the molecule is Cc1c[n+]2c(c(C)c1O)C[n+]1cc(C)c(O)c(C)c1C2. The number of aromatic hydroxyl groups is 2. The molecule has 2 N–H and O–H groups in total. The number of hydrogen-bond acceptors (Lipinski definition) is 2. The summed E-state index contributed by atoms with van der Waals surface area (Å²) in [4.78, 5) is 0. The average Bonchev–Trinajstić information content (AvgIpc) is 2.42. The first-order valence-corrected chi connectivity index (χ1v) is 6.83. The molecule has 1 aliphatic heterocycles. The average molecular weight is 272 g/mol. The number of nitrogens with zero attached hydrogens (tertiary/aromatic N) is 2. The summed E-state index contributed by atoms with van der Waals surface area (Å²) >= 11 is 0. The van der Waals surface area contributed by atoms with Gasteiger partial charge in [-0.3, -0.25) is 0 Å². The first-order chi connectivity index (χ1) is 9.40. The van der Waals surface area contributed by atoms with E-state index in [2.05, 4.69) is 9.13 Å². The van der Waals surface area contributed by atoms with Gasteiger partial charge in [-0.05, 0) is 27.7 Å². The number of fused-ring (bicyclic) bond motifs is 2. The Balaban J connectivity index is 2.22. The van der Waals surface area contributed by atoms with Gasteiger partial charge in [0.05, 0.1) is 22.3 Å². The molecule has 0 aliphatic carbocycles. The third-order valence-corrected chi connectivity index (χ3v) is 4.36. The van der Waals surface area contributed by atoms with Gasteiger partial charge < -0.3 is 10.2 Å². The highest BCUT2D eigenvalue weighted by molar-refractivity contribution is 5.39. The number of aryl methyl sites for hydroxylation is 2. The highest BCUT2D eigenvalue weighted by Gasteiger charge is 2.34. The van der Waals surface area contributed by atoms with Gasteiger partial charge in [-0.15, -0.1) is 0 Å². The zero-order valence-electron chi connectivity index (χ0n) is 12.4. The molecular weight excluding hydrogens is 252 g/mol. The molecule has 0 bridgehead atoms. The maximum absolute atomic E-state index is 10.1. The van der Waals surface area contributed by atoms with E-state index in [9.17, 15) is 10.2 Å². The van der Waals surface area contributed by atoms with Crippen LogP contribution in [-0.4, -0.2) is 10.2 Å². The number of pyridine rings is 2. The summed E-state index contributed by atoms with van der Waals surface area (Å²) in [5, 5.41) is 20.2. The molecular formula is C16H20N2O2+2. The molecule has 0 radical (unpaired) electrons. The molecule has 0 atom stereocenters. The van der Waals surface area contributed by atoms with E-state index in [1.165, 1.54) is 0 Å². The lowest BCUT2D eigenvalue weighted by atomic mass is 10.0. The van der Waals surface area contributed by atoms with E-state index < -0.39 is 0 Å². The van der Waals surface area contributed by atoms with Gasteiger partial charge in [-0.1, -0.05) is 0 Å². The van der Waals surface area contributed by atoms with Crippen molar-refractivity contribution < 1.29 is 19.3 Å². The predicted molar refractivity (Wildman–Crippen MR) is 73.8 cm³/mol. The van der Waals surface area contributed by atoms with Gasteiger partial charge >= 0.3 is 0 Å². The minimum atomic E-state index is 0.382. The minimum absolute atomic E-state index is 0.382. The first kappa shape index (κ1) is 12.9. The number of hydrogen-bond donors (Lipinski definition) is 2. The van der Waals surface area contributed by atoms with E-state index >= 15 is 0 Å². The van der Waals surface area contributed by atoms with Gasteiger partial charge in [0.2, 0.25) is 13.1 Å². The lowest BCUT2D eigenvalue weighted by Crippen LogP contribution is -2.56. The van der Waals surface area contributed by atoms with Crippen LogP contribution in [0.2, 0.25) is 0 Å². The second-order valence-electron chi connectivity index (χ2n) is 5.72. The van der Waals surface area contributed by atoms with Crippen LogP contribution in [0, 0.1) is 27.7 Å². The van der Waals surface area contributed by atoms with E-state index in [1.807, 2.05) is 40.1 Å². The van der Waals surface area contributed by atoms with E-state index in [-0.39, 0.29) is 0 Å². The molecule has 3 rings (SSSR count). The third-order valence-electron chi connectivity index (χ3n) is 4.36. The lowest BCUT2D eigenvalue weighted by Gasteiger charge is -2.16. The molecule has 4 heteroatoms. The van der Waals surface area contributed by atoms with Gasteiger partial charge in [0, 0.05) is 0 Å². The van der Waals surface area contributed by atoms with Crippen molar-refractivity contribution in [1.29, 1.82) is 0 Å². The summed E-state index contributed by atoms with van der Waals surface area (Å²) in [5.74, 6) is 0.764. The highest BCUT2D eigenvalue weighted by atomic mass is 16.3. The van der Waals surface area contributed by atoms with Crippen LogP contribution in [-0.2, 0) is 13.1 Å². The summed E-state index contributed by atoms with van der Waals surface area (Å²) in [7, 11) is 0. The normalized spacial score (nSPS) is 13.0. The zero-order valence-corrected chi connectivity index (χ0v) is 12.4. The molecule has 1 aliphatic rings. The standard InChI is InChI=1S/C16H18N2O2/c1-9-5-17-7-14-12(4)16(20)10(2)6-18(14)8-13(17)11(3)15(9)19/h5-6H,7-8H2,1-4H3/p+2. The molecule has 20 heavy (non-hydrogen) atoms. The molecule has 0 spiro atoms. The molecule has 4 nitrogen and oxygen atoms in total. The smallest absolute Gasteiger partial charge is 0.254 e. The summed E-state index contributed by atoms with van der Waals surface area (Å²) in [6.07, 6.45) is 3.97. The van der Waals surface area contributed by atoms with Crippen molar-refractivity contribution in [1.82, 2.24) is 0 Å². The van der Waals surface area contributed by atoms with Crippen LogP contribution in [0.15, 0.2) is 12.4 Å². The Labute approximate surface area is 118 Å². The number of aromatic nitrogens is 2. The van der Waals surface area contributed by atoms with Crippen LogP contribution in [0.3, 0.4) is 0 Å². The first-order valence-electron chi connectivity index (χ1n) is 6.83.